The van der Waals surface area contributed by atoms with Gasteiger partial charge in [-0.2, -0.15) is 10.2 Å². The molecule has 0 radical (unpaired) electrons. The number of nitrogens with zero attached hydrogens (tertiary/aromatic N) is 3. The number of methoxy groups -OCH3 is 1. The summed E-state index contributed by atoms with van der Waals surface area (Å²) >= 11 is 6.62. The van der Waals surface area contributed by atoms with Crippen LogP contribution in [0.3, 0.4) is 0 Å². The van der Waals surface area contributed by atoms with E-state index in [1.807, 2.05) is 6.07 Å². The number of ether oxygens (including phenoxy) is 1. The van der Waals surface area contributed by atoms with Gasteiger partial charge in [-0.15, -0.1) is 0 Å². The van der Waals surface area contributed by atoms with Crippen LogP contribution in [0.2, 0.25) is 5.02 Å². The number of benzene rings is 1. The molecule has 2 aromatic rings. The van der Waals surface area contributed by atoms with Crippen LogP contribution in [0.4, 0.5) is 0 Å². The van der Waals surface area contributed by atoms with E-state index in [9.17, 15) is 9.59 Å². The Morgan fingerprint density at radius 2 is 2.15 bits per heavy atom. The van der Waals surface area contributed by atoms with Gasteiger partial charge in [-0.3, -0.25) is 15.0 Å². The van der Waals surface area contributed by atoms with Crippen molar-refractivity contribution in [2.75, 3.05) is 27.3 Å². The molecule has 1 saturated heterocycles. The number of hydrogen-bond donors (Lipinski definition) is 4. The van der Waals surface area contributed by atoms with Gasteiger partial charge in [0.2, 0.25) is 5.91 Å². The Bertz CT molecular complexity index is 1460. The van der Waals surface area contributed by atoms with Gasteiger partial charge in [-0.05, 0) is 61.3 Å². The number of carbonyl (C=O) groups excluding carboxylic acids is 2. The molecule has 11 heteroatoms. The van der Waals surface area contributed by atoms with E-state index >= 15 is 0 Å². The van der Waals surface area contributed by atoms with Crippen molar-refractivity contribution in [3.8, 4) is 11.8 Å². The van der Waals surface area contributed by atoms with E-state index < -0.39 is 5.91 Å². The summed E-state index contributed by atoms with van der Waals surface area (Å²) in [6, 6.07) is 3.25. The maximum absolute atomic E-state index is 12.5. The highest BCUT2D eigenvalue weighted by atomic mass is 35.5. The highest BCUT2D eigenvalue weighted by molar-refractivity contribution is 6.33. The Balaban J connectivity index is 1.61. The molecule has 210 valence electrons. The molecule has 0 unspecified atom stereocenters. The van der Waals surface area contributed by atoms with E-state index in [0.29, 0.717) is 41.6 Å². The zero-order valence-electron chi connectivity index (χ0n) is 22.9. The first kappa shape index (κ1) is 29.1. The zero-order chi connectivity index (χ0) is 29.0. The molecule has 40 heavy (non-hydrogen) atoms. The molecule has 1 aromatic heterocycles. The van der Waals surface area contributed by atoms with Crippen LogP contribution in [0.5, 0.6) is 0 Å². The van der Waals surface area contributed by atoms with Crippen LogP contribution < -0.4 is 16.4 Å². The second kappa shape index (κ2) is 12.5. The average molecular weight is 564 g/mol. The number of likely N-dealkylation sites (tertiary alicyclic amines) is 1. The van der Waals surface area contributed by atoms with Crippen LogP contribution in [0.25, 0.3) is 10.9 Å². The van der Waals surface area contributed by atoms with E-state index in [0.717, 1.165) is 30.3 Å². The van der Waals surface area contributed by atoms with Crippen molar-refractivity contribution in [1.82, 2.24) is 25.7 Å². The quantitative estimate of drug-likeness (QED) is 0.208. The number of carbonyl (C=O) groups is 2. The zero-order valence-corrected chi connectivity index (χ0v) is 23.7. The van der Waals surface area contributed by atoms with Gasteiger partial charge in [0.15, 0.2) is 0 Å². The van der Waals surface area contributed by atoms with E-state index in [2.05, 4.69) is 46.2 Å². The Kier molecular flexibility index (Phi) is 9.07. The molecule has 1 fully saturated rings. The van der Waals surface area contributed by atoms with Crippen LogP contribution in [0, 0.1) is 17.3 Å². The summed E-state index contributed by atoms with van der Waals surface area (Å²) in [6.07, 6.45) is 4.81. The SMILES string of the molecule is C=CC(=O)N1C[C@@H](N/C(NC)=C(\C(=N)C#Cc2cc3nnc4c(c3cc2Cl)[C@H](CC)CC4)C(N)=O)C[C@@H]1COC. The van der Waals surface area contributed by atoms with E-state index in [1.165, 1.54) is 11.6 Å². The van der Waals surface area contributed by atoms with Crippen LogP contribution in [0.15, 0.2) is 36.2 Å². The van der Waals surface area contributed by atoms with Crippen molar-refractivity contribution < 1.29 is 14.3 Å². The number of amides is 2. The molecule has 4 rings (SSSR count). The fourth-order valence-corrected chi connectivity index (χ4v) is 5.79. The van der Waals surface area contributed by atoms with Crippen molar-refractivity contribution >= 4 is 40.0 Å². The third-order valence-corrected chi connectivity index (χ3v) is 7.81. The molecule has 0 saturated carbocycles. The summed E-state index contributed by atoms with van der Waals surface area (Å²) in [6.45, 7) is 6.46. The standard InChI is InChI=1S/C29H34ClN7O3/c1-5-16-8-10-23-26(16)20-13-21(30)17(11-24(20)36-35-23)7-9-22(31)27(28(32)39)29(33-3)34-18-12-19(15-40-4)37(14-18)25(38)6-2/h6,11,13,16,18-19,31,33-34H,2,5,8,10,12,14-15H2,1,3-4H3,(H2,32,39)/b29-27+,31-22?/t16-,18+,19-/m1/s1. The number of primary amides is 1. The minimum Gasteiger partial charge on any atom is -0.383 e. The van der Waals surface area contributed by atoms with E-state index in [4.69, 9.17) is 27.5 Å². The minimum absolute atomic E-state index is 0.105. The lowest BCUT2D eigenvalue weighted by Gasteiger charge is -2.22. The third-order valence-electron chi connectivity index (χ3n) is 7.49. The molecule has 1 aliphatic heterocycles. The molecule has 2 heterocycles. The minimum atomic E-state index is -0.821. The second-order valence-electron chi connectivity index (χ2n) is 9.92. The molecule has 0 spiro atoms. The number of aromatic nitrogens is 2. The van der Waals surface area contributed by atoms with E-state index in [-0.39, 0.29) is 35.1 Å². The van der Waals surface area contributed by atoms with E-state index in [1.54, 1.807) is 25.1 Å². The first-order valence-electron chi connectivity index (χ1n) is 13.2. The van der Waals surface area contributed by atoms with Crippen molar-refractivity contribution in [3.63, 3.8) is 0 Å². The molecular formula is C29H34ClN7O3. The van der Waals surface area contributed by atoms with Gasteiger partial charge in [0.05, 0.1) is 28.9 Å². The summed E-state index contributed by atoms with van der Waals surface area (Å²) in [5.41, 5.74) is 8.69. The topological polar surface area (TPSA) is 146 Å². The van der Waals surface area contributed by atoms with Gasteiger partial charge in [0.1, 0.15) is 17.1 Å². The predicted molar refractivity (Wildman–Crippen MR) is 155 cm³/mol. The molecule has 1 aromatic carbocycles. The molecule has 3 atom stereocenters. The van der Waals surface area contributed by atoms with Crippen LogP contribution >= 0.6 is 11.6 Å². The number of aryl methyl sites for hydroxylation is 1. The molecule has 10 nitrogen and oxygen atoms in total. The first-order valence-corrected chi connectivity index (χ1v) is 13.6. The average Bonchev–Trinajstić information content (AvgIpc) is 3.55. The Hall–Kier alpha value is -3.94. The van der Waals surface area contributed by atoms with Gasteiger partial charge in [0.25, 0.3) is 5.91 Å². The fourth-order valence-electron chi connectivity index (χ4n) is 5.58. The second-order valence-corrected chi connectivity index (χ2v) is 10.3. The molecule has 5 N–H and O–H groups in total. The lowest BCUT2D eigenvalue weighted by molar-refractivity contribution is -0.127. The summed E-state index contributed by atoms with van der Waals surface area (Å²) in [7, 11) is 3.19. The number of nitrogens with two attached hydrogens (primary N) is 1. The highest BCUT2D eigenvalue weighted by Gasteiger charge is 2.35. The molecule has 2 aliphatic rings. The molecule has 2 amide bonds. The van der Waals surface area contributed by atoms with Crippen molar-refractivity contribution in [3.05, 3.63) is 58.0 Å². The van der Waals surface area contributed by atoms with Gasteiger partial charge in [-0.25, -0.2) is 0 Å². The number of rotatable bonds is 9. The molecular weight excluding hydrogens is 530 g/mol. The maximum atomic E-state index is 12.5. The smallest absolute Gasteiger partial charge is 0.255 e. The lowest BCUT2D eigenvalue weighted by Crippen LogP contribution is -2.40. The Labute approximate surface area is 238 Å². The van der Waals surface area contributed by atoms with Gasteiger partial charge in [-0.1, -0.05) is 31.0 Å². The van der Waals surface area contributed by atoms with Crippen molar-refractivity contribution in [2.24, 2.45) is 5.73 Å². The van der Waals surface area contributed by atoms with Crippen LogP contribution in [-0.4, -0.2) is 72.0 Å². The molecule has 1 aliphatic carbocycles. The first-order chi connectivity index (χ1) is 19.2. The van der Waals surface area contributed by atoms with Crippen molar-refractivity contribution in [1.29, 1.82) is 5.41 Å². The summed E-state index contributed by atoms with van der Waals surface area (Å²) in [4.78, 5) is 26.4. The Morgan fingerprint density at radius 1 is 1.38 bits per heavy atom. The summed E-state index contributed by atoms with van der Waals surface area (Å²) in [5.74, 6) is 5.28. The number of hydrogen-bond acceptors (Lipinski definition) is 8. The summed E-state index contributed by atoms with van der Waals surface area (Å²) in [5, 5.41) is 24.9. The van der Waals surface area contributed by atoms with Crippen LogP contribution in [-0.2, 0) is 20.7 Å². The fraction of sp³-hybridized carbons (Fsp3) is 0.414. The predicted octanol–water partition coefficient (Wildman–Crippen LogP) is 2.40. The van der Waals surface area contributed by atoms with Gasteiger partial charge in [0, 0.05) is 37.7 Å². The third kappa shape index (κ3) is 5.81. The number of halogens is 1. The number of nitrogens with one attached hydrogen (secondary N) is 3. The highest BCUT2D eigenvalue weighted by Crippen LogP contribution is 2.39. The normalized spacial score (nSPS) is 20.3. The maximum Gasteiger partial charge on any atom is 0.255 e. The largest absolute Gasteiger partial charge is 0.383 e. The molecule has 0 bridgehead atoms. The lowest BCUT2D eigenvalue weighted by atomic mass is 9.96. The number of fused-ring (bicyclic) bond motifs is 3. The van der Waals surface area contributed by atoms with Gasteiger partial charge >= 0.3 is 0 Å². The summed E-state index contributed by atoms with van der Waals surface area (Å²) < 4.78 is 5.27. The Morgan fingerprint density at radius 3 is 2.80 bits per heavy atom. The van der Waals surface area contributed by atoms with Crippen molar-refractivity contribution in [2.45, 2.75) is 50.6 Å². The van der Waals surface area contributed by atoms with Gasteiger partial charge < -0.3 is 26.0 Å². The monoisotopic (exact) mass is 563 g/mol. The van der Waals surface area contributed by atoms with Crippen LogP contribution in [0.1, 0.15) is 48.9 Å².